The van der Waals surface area contributed by atoms with E-state index in [4.69, 9.17) is 9.47 Å². The van der Waals surface area contributed by atoms with Crippen LogP contribution < -0.4 is 0 Å². The van der Waals surface area contributed by atoms with Gasteiger partial charge in [0.05, 0.1) is 5.88 Å². The Labute approximate surface area is 131 Å². The van der Waals surface area contributed by atoms with Gasteiger partial charge in [0.25, 0.3) is 0 Å². The third-order valence-electron chi connectivity index (χ3n) is 2.80. The number of carbonyl (C=O) groups excluding carboxylic acids is 2. The highest BCUT2D eigenvalue weighted by atomic mass is 32.2. The lowest BCUT2D eigenvalue weighted by Gasteiger charge is -2.33. The summed E-state index contributed by atoms with van der Waals surface area (Å²) in [6.45, 7) is 14.8. The summed E-state index contributed by atoms with van der Waals surface area (Å²) in [5, 5.41) is 0. The molecule has 0 spiro atoms. The molecule has 1 atom stereocenters. The van der Waals surface area contributed by atoms with Gasteiger partial charge in [-0.1, -0.05) is 0 Å². The molecule has 0 aromatic rings. The van der Waals surface area contributed by atoms with Gasteiger partial charge >= 0.3 is 12.1 Å². The molecule has 0 aliphatic carbocycles. The zero-order chi connectivity index (χ0) is 16.6. The summed E-state index contributed by atoms with van der Waals surface area (Å²) in [7, 11) is 0. The fourth-order valence-corrected chi connectivity index (χ4v) is 3.12. The van der Waals surface area contributed by atoms with Gasteiger partial charge in [-0.2, -0.15) is 0 Å². The van der Waals surface area contributed by atoms with Gasteiger partial charge in [0.2, 0.25) is 0 Å². The highest BCUT2D eigenvalue weighted by molar-refractivity contribution is 8.00. The van der Waals surface area contributed by atoms with Crippen LogP contribution >= 0.6 is 11.8 Å². The maximum absolute atomic E-state index is 12.5. The molecule has 6 heteroatoms. The lowest BCUT2D eigenvalue weighted by Crippen LogP contribution is -2.52. The molecule has 0 radical (unpaired) electrons. The van der Waals surface area contributed by atoms with Crippen molar-refractivity contribution in [1.29, 1.82) is 0 Å². The molecule has 0 N–H and O–H groups in total. The maximum atomic E-state index is 12.5. The molecule has 1 fully saturated rings. The second kappa shape index (κ2) is 5.71. The molecule has 1 rings (SSSR count). The molecule has 1 aliphatic heterocycles. The molecule has 1 unspecified atom stereocenters. The highest BCUT2D eigenvalue weighted by Crippen LogP contribution is 2.40. The third kappa shape index (κ3) is 5.09. The van der Waals surface area contributed by atoms with Gasteiger partial charge in [-0.05, 0) is 55.4 Å². The van der Waals surface area contributed by atoms with Crippen molar-refractivity contribution in [3.63, 3.8) is 0 Å². The first-order valence-corrected chi connectivity index (χ1v) is 8.08. The van der Waals surface area contributed by atoms with Crippen molar-refractivity contribution in [1.82, 2.24) is 4.90 Å². The van der Waals surface area contributed by atoms with Crippen molar-refractivity contribution in [3.8, 4) is 0 Å². The summed E-state index contributed by atoms with van der Waals surface area (Å²) in [5.74, 6) is 0.0367. The number of hydrogen-bond acceptors (Lipinski definition) is 5. The number of carbonyl (C=O) groups is 2. The van der Waals surface area contributed by atoms with Crippen LogP contribution in [0.4, 0.5) is 4.79 Å². The number of rotatable bonds is 1. The van der Waals surface area contributed by atoms with E-state index >= 15 is 0 Å². The maximum Gasteiger partial charge on any atom is 0.411 e. The van der Waals surface area contributed by atoms with Crippen LogP contribution in [0, 0.1) is 0 Å². The monoisotopic (exact) mass is 317 g/mol. The summed E-state index contributed by atoms with van der Waals surface area (Å²) < 4.78 is 10.5. The molecule has 122 valence electrons. The average Bonchev–Trinajstić information content (AvgIpc) is 2.48. The van der Waals surface area contributed by atoms with Crippen LogP contribution in [0.25, 0.3) is 0 Å². The van der Waals surface area contributed by atoms with E-state index in [1.54, 1.807) is 11.8 Å². The normalized spacial score (nSPS) is 22.1. The fraction of sp³-hybridized carbons (Fsp3) is 0.867. The van der Waals surface area contributed by atoms with E-state index in [1.807, 2.05) is 55.4 Å². The number of hydrogen-bond donors (Lipinski definition) is 0. The van der Waals surface area contributed by atoms with E-state index < -0.39 is 28.1 Å². The fourth-order valence-electron chi connectivity index (χ4n) is 2.01. The Bertz CT molecular complexity index is 420. The second-order valence-electron chi connectivity index (χ2n) is 7.76. The largest absolute Gasteiger partial charge is 0.458 e. The van der Waals surface area contributed by atoms with E-state index in [1.165, 1.54) is 4.90 Å². The molecule has 1 aliphatic rings. The number of thioether (sulfide) groups is 1. The summed E-state index contributed by atoms with van der Waals surface area (Å²) >= 11 is 1.55. The summed E-state index contributed by atoms with van der Waals surface area (Å²) in [6.07, 6.45) is -0.476. The van der Waals surface area contributed by atoms with Crippen molar-refractivity contribution < 1.29 is 19.1 Å². The molecule has 0 aromatic carbocycles. The molecule has 5 nitrogen and oxygen atoms in total. The second-order valence-corrected chi connectivity index (χ2v) is 9.36. The molecule has 21 heavy (non-hydrogen) atoms. The molecule has 0 aromatic heterocycles. The van der Waals surface area contributed by atoms with Crippen molar-refractivity contribution in [3.05, 3.63) is 0 Å². The molecule has 1 saturated heterocycles. The molecule has 0 bridgehead atoms. The zero-order valence-corrected chi connectivity index (χ0v) is 15.1. The van der Waals surface area contributed by atoms with Crippen LogP contribution in [-0.4, -0.2) is 44.8 Å². The first-order chi connectivity index (χ1) is 9.23. The Balaban J connectivity index is 2.94. The van der Waals surface area contributed by atoms with Gasteiger partial charge in [-0.15, -0.1) is 11.8 Å². The topological polar surface area (TPSA) is 55.8 Å². The summed E-state index contributed by atoms with van der Waals surface area (Å²) in [5.41, 5.74) is -1.17. The van der Waals surface area contributed by atoms with Crippen LogP contribution in [-0.2, 0) is 14.3 Å². The van der Waals surface area contributed by atoms with Crippen molar-refractivity contribution in [2.24, 2.45) is 0 Å². The standard InChI is InChI=1S/C15H27NO4S/c1-13(2,3)19-11(17)10-15(7,8)21-9-16(10)12(18)20-14(4,5)6/h10H,9H2,1-8H3. The van der Waals surface area contributed by atoms with Crippen LogP contribution in [0.1, 0.15) is 55.4 Å². The zero-order valence-electron chi connectivity index (χ0n) is 14.3. The minimum Gasteiger partial charge on any atom is -0.458 e. The third-order valence-corrected chi connectivity index (χ3v) is 4.18. The molecule has 0 saturated carbocycles. The van der Waals surface area contributed by atoms with Gasteiger partial charge in [0.15, 0.2) is 0 Å². The van der Waals surface area contributed by atoms with Crippen LogP contribution in [0.3, 0.4) is 0 Å². The van der Waals surface area contributed by atoms with Gasteiger partial charge in [-0.3, -0.25) is 4.90 Å². The lowest BCUT2D eigenvalue weighted by molar-refractivity contribution is -0.161. The smallest absolute Gasteiger partial charge is 0.411 e. The van der Waals surface area contributed by atoms with Crippen LogP contribution in [0.2, 0.25) is 0 Å². The van der Waals surface area contributed by atoms with Gasteiger partial charge in [0.1, 0.15) is 17.2 Å². The number of esters is 1. The van der Waals surface area contributed by atoms with E-state index in [0.29, 0.717) is 5.88 Å². The van der Waals surface area contributed by atoms with E-state index in [0.717, 1.165) is 0 Å². The summed E-state index contributed by atoms with van der Waals surface area (Å²) in [6, 6.07) is -0.642. The van der Waals surface area contributed by atoms with Crippen LogP contribution in [0.15, 0.2) is 0 Å². The number of nitrogens with zero attached hydrogens (tertiary/aromatic N) is 1. The van der Waals surface area contributed by atoms with Crippen LogP contribution in [0.5, 0.6) is 0 Å². The Morgan fingerprint density at radius 1 is 1.05 bits per heavy atom. The molecular weight excluding hydrogens is 290 g/mol. The predicted octanol–water partition coefficient (Wildman–Crippen LogP) is 3.42. The SMILES string of the molecule is CC(C)(C)OC(=O)C1N(C(=O)OC(C)(C)C)CSC1(C)C. The Hall–Kier alpha value is -0.910. The Kier molecular flexibility index (Phi) is 4.93. The minimum absolute atomic E-state index is 0.386. The first-order valence-electron chi connectivity index (χ1n) is 7.09. The highest BCUT2D eigenvalue weighted by Gasteiger charge is 2.50. The van der Waals surface area contributed by atoms with Gasteiger partial charge in [-0.25, -0.2) is 9.59 Å². The first kappa shape index (κ1) is 18.1. The molecular formula is C15H27NO4S. The Morgan fingerprint density at radius 2 is 1.52 bits per heavy atom. The van der Waals surface area contributed by atoms with E-state index in [-0.39, 0.29) is 5.97 Å². The van der Waals surface area contributed by atoms with E-state index in [2.05, 4.69) is 0 Å². The molecule has 1 amide bonds. The van der Waals surface area contributed by atoms with Gasteiger partial charge < -0.3 is 9.47 Å². The predicted molar refractivity (Wildman–Crippen MR) is 84.2 cm³/mol. The van der Waals surface area contributed by atoms with Crippen molar-refractivity contribution in [2.75, 3.05) is 5.88 Å². The molecule has 1 heterocycles. The van der Waals surface area contributed by atoms with Crippen molar-refractivity contribution in [2.45, 2.75) is 77.4 Å². The van der Waals surface area contributed by atoms with Gasteiger partial charge in [0, 0.05) is 4.75 Å². The van der Waals surface area contributed by atoms with Crippen molar-refractivity contribution >= 4 is 23.8 Å². The number of ether oxygens (including phenoxy) is 2. The minimum atomic E-state index is -0.642. The quantitative estimate of drug-likeness (QED) is 0.694. The Morgan fingerprint density at radius 3 is 1.95 bits per heavy atom. The lowest BCUT2D eigenvalue weighted by atomic mass is 10.0. The van der Waals surface area contributed by atoms with E-state index in [9.17, 15) is 9.59 Å². The average molecular weight is 317 g/mol. The summed E-state index contributed by atoms with van der Waals surface area (Å²) in [4.78, 5) is 26.2. The number of amides is 1.